The van der Waals surface area contributed by atoms with E-state index in [-0.39, 0.29) is 13.0 Å². The lowest BCUT2D eigenvalue weighted by Gasteiger charge is -2.08. The molecule has 0 aliphatic carbocycles. The number of methoxy groups -OCH3 is 1. The Bertz CT molecular complexity index is 599. The van der Waals surface area contributed by atoms with E-state index >= 15 is 0 Å². The lowest BCUT2D eigenvalue weighted by Crippen LogP contribution is -2.08. The Morgan fingerprint density at radius 3 is 3.00 bits per heavy atom. The van der Waals surface area contributed by atoms with Crippen molar-refractivity contribution >= 4 is 17.6 Å². The molecule has 0 amide bonds. The predicted octanol–water partition coefficient (Wildman–Crippen LogP) is 1.48. The van der Waals surface area contributed by atoms with Gasteiger partial charge in [-0.1, -0.05) is 11.6 Å². The first-order valence-corrected chi connectivity index (χ1v) is 5.81. The van der Waals surface area contributed by atoms with E-state index in [9.17, 15) is 4.79 Å². The fourth-order valence-corrected chi connectivity index (χ4v) is 1.76. The molecule has 0 spiro atoms. The molecule has 0 aliphatic heterocycles. The minimum Gasteiger partial charge on any atom is -0.496 e. The number of tetrazole rings is 1. The molecule has 19 heavy (non-hydrogen) atoms. The number of carboxylic acid groups (broad SMARTS) is 1. The Hall–Kier alpha value is -2.15. The molecule has 0 aliphatic rings. The highest BCUT2D eigenvalue weighted by Gasteiger charge is 2.14. The molecular formula is C11H11ClN4O3. The molecule has 0 fully saturated rings. The number of carboxylic acids is 1. The monoisotopic (exact) mass is 282 g/mol. The SMILES string of the molecule is COc1cc(Cl)ccc1-c1nnnn1CCC(=O)O. The smallest absolute Gasteiger partial charge is 0.305 e. The van der Waals surface area contributed by atoms with Crippen molar-refractivity contribution in [2.24, 2.45) is 0 Å². The molecule has 0 saturated heterocycles. The fraction of sp³-hybridized carbons (Fsp3) is 0.273. The Morgan fingerprint density at radius 2 is 2.32 bits per heavy atom. The number of ether oxygens (including phenoxy) is 1. The number of rotatable bonds is 5. The first-order chi connectivity index (χ1) is 9.11. The summed E-state index contributed by atoms with van der Waals surface area (Å²) in [7, 11) is 1.51. The van der Waals surface area contributed by atoms with E-state index in [0.29, 0.717) is 22.2 Å². The second-order valence-corrected chi connectivity index (χ2v) is 4.15. The van der Waals surface area contributed by atoms with Crippen molar-refractivity contribution in [2.45, 2.75) is 13.0 Å². The van der Waals surface area contributed by atoms with E-state index < -0.39 is 5.97 Å². The van der Waals surface area contributed by atoms with Crippen LogP contribution in [-0.2, 0) is 11.3 Å². The third kappa shape index (κ3) is 3.00. The van der Waals surface area contributed by atoms with E-state index in [0.717, 1.165) is 0 Å². The number of hydrogen-bond donors (Lipinski definition) is 1. The topological polar surface area (TPSA) is 90.1 Å². The van der Waals surface area contributed by atoms with Gasteiger partial charge in [0.05, 0.1) is 25.6 Å². The Morgan fingerprint density at radius 1 is 1.53 bits per heavy atom. The van der Waals surface area contributed by atoms with Crippen LogP contribution in [0.4, 0.5) is 0 Å². The molecule has 1 aromatic carbocycles. The van der Waals surface area contributed by atoms with Gasteiger partial charge in [-0.25, -0.2) is 4.68 Å². The molecule has 7 nitrogen and oxygen atoms in total. The zero-order chi connectivity index (χ0) is 13.8. The van der Waals surface area contributed by atoms with E-state index in [2.05, 4.69) is 15.5 Å². The molecule has 1 N–H and O–H groups in total. The zero-order valence-corrected chi connectivity index (χ0v) is 10.8. The molecule has 0 atom stereocenters. The lowest BCUT2D eigenvalue weighted by molar-refractivity contribution is -0.137. The van der Waals surface area contributed by atoms with Gasteiger partial charge < -0.3 is 9.84 Å². The minimum absolute atomic E-state index is 0.0616. The zero-order valence-electron chi connectivity index (χ0n) is 10.1. The highest BCUT2D eigenvalue weighted by molar-refractivity contribution is 6.30. The summed E-state index contributed by atoms with van der Waals surface area (Å²) in [5.74, 6) is 0.0539. The van der Waals surface area contributed by atoms with E-state index in [1.165, 1.54) is 11.8 Å². The van der Waals surface area contributed by atoms with Gasteiger partial charge in [0.25, 0.3) is 0 Å². The number of nitrogens with zero attached hydrogens (tertiary/aromatic N) is 4. The van der Waals surface area contributed by atoms with Crippen molar-refractivity contribution in [3.8, 4) is 17.1 Å². The summed E-state index contributed by atoms with van der Waals surface area (Å²) >= 11 is 5.88. The molecule has 2 rings (SSSR count). The molecular weight excluding hydrogens is 272 g/mol. The number of aromatic nitrogens is 4. The average Bonchev–Trinajstić information content (AvgIpc) is 2.84. The van der Waals surface area contributed by atoms with E-state index in [1.54, 1.807) is 18.2 Å². The molecule has 0 bridgehead atoms. The normalized spacial score (nSPS) is 10.4. The van der Waals surface area contributed by atoms with Crippen LogP contribution in [-0.4, -0.2) is 38.4 Å². The molecule has 1 heterocycles. The second kappa shape index (κ2) is 5.66. The highest BCUT2D eigenvalue weighted by Crippen LogP contribution is 2.30. The van der Waals surface area contributed by atoms with Crippen LogP contribution in [0.2, 0.25) is 5.02 Å². The van der Waals surface area contributed by atoms with Crippen molar-refractivity contribution in [1.82, 2.24) is 20.2 Å². The maximum absolute atomic E-state index is 10.6. The van der Waals surface area contributed by atoms with Crippen molar-refractivity contribution < 1.29 is 14.6 Å². The summed E-state index contributed by atoms with van der Waals surface area (Å²) in [4.78, 5) is 10.6. The van der Waals surface area contributed by atoms with Gasteiger partial charge in [-0.3, -0.25) is 4.79 Å². The maximum Gasteiger partial charge on any atom is 0.305 e. The number of carbonyl (C=O) groups is 1. The van der Waals surface area contributed by atoms with Gasteiger partial charge in [0.1, 0.15) is 5.75 Å². The molecule has 0 saturated carbocycles. The molecule has 1 aromatic heterocycles. The van der Waals surface area contributed by atoms with Gasteiger partial charge in [-0.05, 0) is 28.6 Å². The van der Waals surface area contributed by atoms with Crippen LogP contribution in [0.15, 0.2) is 18.2 Å². The van der Waals surface area contributed by atoms with Crippen molar-refractivity contribution in [2.75, 3.05) is 7.11 Å². The Balaban J connectivity index is 2.36. The molecule has 2 aromatic rings. The van der Waals surface area contributed by atoms with Gasteiger partial charge in [0, 0.05) is 5.02 Å². The Labute approximate surface area is 113 Å². The van der Waals surface area contributed by atoms with Crippen molar-refractivity contribution in [3.05, 3.63) is 23.2 Å². The summed E-state index contributed by atoms with van der Waals surface area (Å²) in [6.45, 7) is 0.184. The first kappa shape index (κ1) is 13.3. The average molecular weight is 283 g/mol. The highest BCUT2D eigenvalue weighted by atomic mass is 35.5. The predicted molar refractivity (Wildman–Crippen MR) is 67.1 cm³/mol. The Kier molecular flexibility index (Phi) is 3.96. The van der Waals surface area contributed by atoms with Gasteiger partial charge in [0.15, 0.2) is 5.82 Å². The number of halogens is 1. The van der Waals surface area contributed by atoms with Gasteiger partial charge in [0.2, 0.25) is 0 Å². The maximum atomic E-state index is 10.6. The molecule has 0 unspecified atom stereocenters. The van der Waals surface area contributed by atoms with Crippen LogP contribution in [0, 0.1) is 0 Å². The number of benzene rings is 1. The first-order valence-electron chi connectivity index (χ1n) is 5.43. The van der Waals surface area contributed by atoms with Crippen molar-refractivity contribution in [3.63, 3.8) is 0 Å². The van der Waals surface area contributed by atoms with Gasteiger partial charge in [-0.15, -0.1) is 5.10 Å². The third-order valence-corrected chi connectivity index (χ3v) is 2.71. The van der Waals surface area contributed by atoms with Gasteiger partial charge >= 0.3 is 5.97 Å². The van der Waals surface area contributed by atoms with Crippen LogP contribution in [0.5, 0.6) is 5.75 Å². The summed E-state index contributed by atoms with van der Waals surface area (Å²) in [5.41, 5.74) is 0.655. The van der Waals surface area contributed by atoms with Crippen LogP contribution in [0.25, 0.3) is 11.4 Å². The summed E-state index contributed by atoms with van der Waals surface area (Å²) in [5, 5.41) is 20.4. The standard InChI is InChI=1S/C11H11ClN4O3/c1-19-9-6-7(12)2-3-8(9)11-13-14-15-16(11)5-4-10(17)18/h2-3,6H,4-5H2,1H3,(H,17,18). The number of aryl methyl sites for hydroxylation is 1. The van der Waals surface area contributed by atoms with E-state index in [4.69, 9.17) is 21.4 Å². The number of hydrogen-bond acceptors (Lipinski definition) is 5. The quantitative estimate of drug-likeness (QED) is 0.893. The molecule has 8 heteroatoms. The van der Waals surface area contributed by atoms with Crippen LogP contribution in [0.1, 0.15) is 6.42 Å². The van der Waals surface area contributed by atoms with Crippen LogP contribution < -0.4 is 4.74 Å². The molecule has 0 radical (unpaired) electrons. The summed E-state index contributed by atoms with van der Waals surface area (Å²) in [6.07, 6.45) is -0.0616. The molecule has 100 valence electrons. The largest absolute Gasteiger partial charge is 0.496 e. The van der Waals surface area contributed by atoms with Crippen LogP contribution >= 0.6 is 11.6 Å². The summed E-state index contributed by atoms with van der Waals surface area (Å²) < 4.78 is 6.64. The van der Waals surface area contributed by atoms with Crippen molar-refractivity contribution in [1.29, 1.82) is 0 Å². The second-order valence-electron chi connectivity index (χ2n) is 3.71. The lowest BCUT2D eigenvalue weighted by atomic mass is 10.2. The minimum atomic E-state index is -0.912. The van der Waals surface area contributed by atoms with E-state index in [1.807, 2.05) is 0 Å². The summed E-state index contributed by atoms with van der Waals surface area (Å²) in [6, 6.07) is 5.06. The van der Waals surface area contributed by atoms with Crippen LogP contribution in [0.3, 0.4) is 0 Å². The van der Waals surface area contributed by atoms with Gasteiger partial charge in [-0.2, -0.15) is 0 Å². The fourth-order valence-electron chi connectivity index (χ4n) is 1.60. The third-order valence-electron chi connectivity index (χ3n) is 2.47. The number of aliphatic carboxylic acids is 1.